The second-order valence-corrected chi connectivity index (χ2v) is 12.5. The number of aromatic nitrogens is 1. The quantitative estimate of drug-likeness (QED) is 0.324. The molecule has 1 aliphatic rings. The van der Waals surface area contributed by atoms with Crippen LogP contribution in [0.15, 0.2) is 47.4 Å². The molecule has 1 aliphatic heterocycles. The maximum absolute atomic E-state index is 13.7. The molecule has 3 aromatic rings. The van der Waals surface area contributed by atoms with Gasteiger partial charge in [-0.1, -0.05) is 24.2 Å². The Kier molecular flexibility index (Phi) is 10.9. The highest BCUT2D eigenvalue weighted by atomic mass is 35.5. The largest absolute Gasteiger partial charge is 0.494 e. The molecule has 0 N–H and O–H groups in total. The highest BCUT2D eigenvalue weighted by molar-refractivity contribution is 7.89. The SMILES string of the molecule is CCOc1ccc2nc(N(CCCN(C)C)C(=O)c3ccc(S(=O)(=O)N4CCCCCC4)cc3)sc2c1.Cl. The number of halogens is 1. The van der Waals surface area contributed by atoms with Crippen LogP contribution in [0.5, 0.6) is 5.75 Å². The lowest BCUT2D eigenvalue weighted by Crippen LogP contribution is -2.34. The van der Waals surface area contributed by atoms with Crippen LogP contribution in [0, 0.1) is 0 Å². The lowest BCUT2D eigenvalue weighted by atomic mass is 10.2. The third-order valence-electron chi connectivity index (χ3n) is 6.43. The Morgan fingerprint density at radius 3 is 2.34 bits per heavy atom. The van der Waals surface area contributed by atoms with Gasteiger partial charge in [-0.2, -0.15) is 4.31 Å². The number of benzene rings is 2. The standard InChI is InChI=1S/C27H36N4O4S2.ClH/c1-4-35-22-12-15-24-25(20-22)36-27(28-24)31(19-9-16-29(2)3)26(32)21-10-13-23(14-11-21)37(33,34)30-17-7-5-6-8-18-30;/h10-15,20H,4-9,16-19H2,1-3H3;1H. The van der Waals surface area contributed by atoms with Gasteiger partial charge in [0, 0.05) is 25.2 Å². The average Bonchev–Trinajstić information content (AvgIpc) is 3.09. The number of sulfonamides is 1. The fourth-order valence-electron chi connectivity index (χ4n) is 4.45. The number of ether oxygens (including phenoxy) is 1. The summed E-state index contributed by atoms with van der Waals surface area (Å²) in [4.78, 5) is 22.4. The first-order chi connectivity index (χ1) is 17.8. The van der Waals surface area contributed by atoms with Gasteiger partial charge < -0.3 is 9.64 Å². The Labute approximate surface area is 236 Å². The van der Waals surface area contributed by atoms with Gasteiger partial charge in [-0.3, -0.25) is 9.69 Å². The molecule has 0 bridgehead atoms. The summed E-state index contributed by atoms with van der Waals surface area (Å²) in [5.74, 6) is 0.582. The second-order valence-electron chi connectivity index (χ2n) is 9.52. The van der Waals surface area contributed by atoms with Crippen LogP contribution in [0.4, 0.5) is 5.13 Å². The van der Waals surface area contributed by atoms with Crippen LogP contribution in [0.2, 0.25) is 0 Å². The van der Waals surface area contributed by atoms with Gasteiger partial charge >= 0.3 is 0 Å². The fraction of sp³-hybridized carbons (Fsp3) is 0.481. The molecular formula is C27H37ClN4O4S2. The van der Waals surface area contributed by atoms with Gasteiger partial charge in [0.25, 0.3) is 5.91 Å². The third kappa shape index (κ3) is 7.24. The zero-order valence-corrected chi connectivity index (χ0v) is 24.7. The van der Waals surface area contributed by atoms with Crippen molar-refractivity contribution < 1.29 is 17.9 Å². The first-order valence-electron chi connectivity index (χ1n) is 12.9. The van der Waals surface area contributed by atoms with Crippen molar-refractivity contribution in [3.8, 4) is 5.75 Å². The number of fused-ring (bicyclic) bond motifs is 1. The Morgan fingerprint density at radius 1 is 1.03 bits per heavy atom. The number of carbonyl (C=O) groups excluding carboxylic acids is 1. The van der Waals surface area contributed by atoms with Crippen LogP contribution in [-0.2, 0) is 10.0 Å². The van der Waals surface area contributed by atoms with E-state index in [1.54, 1.807) is 33.5 Å². The van der Waals surface area contributed by atoms with Gasteiger partial charge in [-0.25, -0.2) is 13.4 Å². The van der Waals surface area contributed by atoms with Gasteiger partial charge in [0.1, 0.15) is 5.75 Å². The molecule has 11 heteroatoms. The molecule has 0 saturated carbocycles. The van der Waals surface area contributed by atoms with Crippen molar-refractivity contribution in [2.45, 2.75) is 43.9 Å². The van der Waals surface area contributed by atoms with E-state index in [9.17, 15) is 13.2 Å². The molecule has 2 heterocycles. The van der Waals surface area contributed by atoms with Crippen molar-refractivity contribution in [1.29, 1.82) is 0 Å². The predicted octanol–water partition coefficient (Wildman–Crippen LogP) is 5.28. The number of hydrogen-bond donors (Lipinski definition) is 0. The van der Waals surface area contributed by atoms with Crippen molar-refractivity contribution in [2.24, 2.45) is 0 Å². The number of rotatable bonds is 10. The molecule has 0 atom stereocenters. The van der Waals surface area contributed by atoms with E-state index in [-0.39, 0.29) is 23.2 Å². The van der Waals surface area contributed by atoms with Gasteiger partial charge in [-0.15, -0.1) is 12.4 Å². The minimum absolute atomic E-state index is 0. The molecule has 1 fully saturated rings. The van der Waals surface area contributed by atoms with Crippen LogP contribution in [-0.4, -0.2) is 75.4 Å². The molecule has 38 heavy (non-hydrogen) atoms. The Bertz CT molecular complexity index is 1300. The summed E-state index contributed by atoms with van der Waals surface area (Å²) in [6.07, 6.45) is 4.65. The first-order valence-corrected chi connectivity index (χ1v) is 15.2. The average molecular weight is 581 g/mol. The number of thiazole rings is 1. The molecule has 1 saturated heterocycles. The van der Waals surface area contributed by atoms with Gasteiger partial charge in [0.05, 0.1) is 21.7 Å². The third-order valence-corrected chi connectivity index (χ3v) is 9.38. The zero-order valence-electron chi connectivity index (χ0n) is 22.3. The lowest BCUT2D eigenvalue weighted by molar-refractivity contribution is 0.0986. The van der Waals surface area contributed by atoms with E-state index in [4.69, 9.17) is 9.72 Å². The minimum Gasteiger partial charge on any atom is -0.494 e. The number of amides is 1. The monoisotopic (exact) mass is 580 g/mol. The molecule has 8 nitrogen and oxygen atoms in total. The van der Waals surface area contributed by atoms with E-state index < -0.39 is 10.0 Å². The maximum atomic E-state index is 13.7. The Balaban J connectivity index is 0.00000400. The zero-order chi connectivity index (χ0) is 26.4. The summed E-state index contributed by atoms with van der Waals surface area (Å²) in [7, 11) is 0.436. The number of nitrogens with zero attached hydrogens (tertiary/aromatic N) is 4. The number of hydrogen-bond acceptors (Lipinski definition) is 7. The highest BCUT2D eigenvalue weighted by Crippen LogP contribution is 2.32. The fourth-order valence-corrected chi connectivity index (χ4v) is 6.99. The second kappa shape index (κ2) is 13.7. The Morgan fingerprint density at radius 2 is 1.71 bits per heavy atom. The van der Waals surface area contributed by atoms with Gasteiger partial charge in [-0.05, 0) is 89.3 Å². The van der Waals surface area contributed by atoms with E-state index in [2.05, 4.69) is 4.90 Å². The normalized spacial score (nSPS) is 14.7. The molecule has 2 aromatic carbocycles. The highest BCUT2D eigenvalue weighted by Gasteiger charge is 2.26. The van der Waals surface area contributed by atoms with Crippen molar-refractivity contribution >= 4 is 55.0 Å². The van der Waals surface area contributed by atoms with Crippen LogP contribution in [0.1, 0.15) is 49.4 Å². The summed E-state index contributed by atoms with van der Waals surface area (Å²) in [5, 5.41) is 0.619. The smallest absolute Gasteiger partial charge is 0.260 e. The molecule has 1 aromatic heterocycles. The van der Waals surface area contributed by atoms with E-state index >= 15 is 0 Å². The molecule has 0 aliphatic carbocycles. The Hall–Kier alpha value is -2.24. The molecule has 1 amide bonds. The van der Waals surface area contributed by atoms with Crippen LogP contribution in [0.25, 0.3) is 10.2 Å². The summed E-state index contributed by atoms with van der Waals surface area (Å²) < 4.78 is 34.5. The van der Waals surface area contributed by atoms with Crippen molar-refractivity contribution in [3.63, 3.8) is 0 Å². The first kappa shape index (κ1) is 30.3. The van der Waals surface area contributed by atoms with Crippen LogP contribution in [0.3, 0.4) is 0 Å². The van der Waals surface area contributed by atoms with Gasteiger partial charge in [0.15, 0.2) is 5.13 Å². The number of carbonyl (C=O) groups is 1. The van der Waals surface area contributed by atoms with E-state index in [0.717, 1.165) is 54.6 Å². The summed E-state index contributed by atoms with van der Waals surface area (Å²) >= 11 is 1.45. The van der Waals surface area contributed by atoms with Crippen molar-refractivity contribution in [2.75, 3.05) is 51.8 Å². The number of anilines is 1. The summed E-state index contributed by atoms with van der Waals surface area (Å²) in [5.41, 5.74) is 1.25. The predicted molar refractivity (Wildman–Crippen MR) is 157 cm³/mol. The maximum Gasteiger partial charge on any atom is 0.260 e. The molecular weight excluding hydrogens is 544 g/mol. The summed E-state index contributed by atoms with van der Waals surface area (Å²) in [6.45, 7) is 4.95. The molecule has 208 valence electrons. The van der Waals surface area contributed by atoms with Gasteiger partial charge in [0.2, 0.25) is 10.0 Å². The van der Waals surface area contributed by atoms with E-state index in [1.165, 1.54) is 11.3 Å². The molecule has 4 rings (SSSR count). The van der Waals surface area contributed by atoms with Crippen LogP contribution < -0.4 is 9.64 Å². The van der Waals surface area contributed by atoms with E-state index in [1.807, 2.05) is 39.2 Å². The van der Waals surface area contributed by atoms with Crippen molar-refractivity contribution in [3.05, 3.63) is 48.0 Å². The molecule has 0 unspecified atom stereocenters. The topological polar surface area (TPSA) is 83.0 Å². The molecule has 0 radical (unpaired) electrons. The summed E-state index contributed by atoms with van der Waals surface area (Å²) in [6, 6.07) is 12.1. The van der Waals surface area contributed by atoms with Crippen LogP contribution >= 0.6 is 23.7 Å². The minimum atomic E-state index is -3.57. The molecule has 0 spiro atoms. The van der Waals surface area contributed by atoms with Crippen molar-refractivity contribution in [1.82, 2.24) is 14.2 Å². The lowest BCUT2D eigenvalue weighted by Gasteiger charge is -2.22. The van der Waals surface area contributed by atoms with E-state index in [0.29, 0.717) is 36.9 Å².